The second-order valence-electron chi connectivity index (χ2n) is 3.83. The maximum absolute atomic E-state index is 10.7. The van der Waals surface area contributed by atoms with Crippen molar-refractivity contribution in [3.63, 3.8) is 0 Å². The van der Waals surface area contributed by atoms with E-state index < -0.39 is 4.92 Å². The van der Waals surface area contributed by atoms with Crippen LogP contribution in [0, 0.1) is 10.1 Å². The minimum atomic E-state index is -0.474. The summed E-state index contributed by atoms with van der Waals surface area (Å²) in [4.78, 5) is 12.1. The molecule has 0 spiro atoms. The topological polar surface area (TPSA) is 88.2 Å². The third-order valence-corrected chi connectivity index (χ3v) is 2.72. The van der Waals surface area contributed by atoms with Gasteiger partial charge in [-0.3, -0.25) is 10.1 Å². The third kappa shape index (κ3) is 2.57. The van der Waals surface area contributed by atoms with E-state index in [-0.39, 0.29) is 5.69 Å². The Morgan fingerprint density at radius 2 is 2.17 bits per heavy atom. The lowest BCUT2D eigenvalue weighted by Gasteiger charge is -2.28. The number of nitro benzene ring substituents is 1. The molecule has 0 atom stereocenters. The zero-order valence-corrected chi connectivity index (χ0v) is 9.65. The van der Waals surface area contributed by atoms with Gasteiger partial charge in [0.05, 0.1) is 18.1 Å². The summed E-state index contributed by atoms with van der Waals surface area (Å²) in [5.41, 5.74) is 0.496. The first-order chi connectivity index (χ1) is 8.72. The zero-order chi connectivity index (χ0) is 13.0. The van der Waals surface area contributed by atoms with E-state index in [9.17, 15) is 10.1 Å². The highest BCUT2D eigenvalue weighted by molar-refractivity contribution is 5.98. The Morgan fingerprint density at radius 1 is 1.44 bits per heavy atom. The molecule has 0 aliphatic carbocycles. The lowest BCUT2D eigenvalue weighted by molar-refractivity contribution is -0.384. The molecule has 1 heterocycles. The van der Waals surface area contributed by atoms with Crippen LogP contribution in [0.1, 0.15) is 5.56 Å². The average Bonchev–Trinajstić information content (AvgIpc) is 2.41. The molecule has 7 heteroatoms. The molecule has 1 N–H and O–H groups in total. The molecular formula is C11H13N3O4. The van der Waals surface area contributed by atoms with Gasteiger partial charge in [0.15, 0.2) is 5.84 Å². The largest absolute Gasteiger partial charge is 0.409 e. The predicted octanol–water partition coefficient (Wildman–Crippen LogP) is 1.06. The summed E-state index contributed by atoms with van der Waals surface area (Å²) in [6, 6.07) is 6.04. The molecule has 18 heavy (non-hydrogen) atoms. The van der Waals surface area contributed by atoms with Crippen molar-refractivity contribution in [1.29, 1.82) is 0 Å². The number of hydrogen-bond donors (Lipinski definition) is 1. The summed E-state index contributed by atoms with van der Waals surface area (Å²) < 4.78 is 5.21. The Morgan fingerprint density at radius 3 is 2.78 bits per heavy atom. The summed E-state index contributed by atoms with van der Waals surface area (Å²) in [7, 11) is 0. The van der Waals surface area contributed by atoms with Crippen LogP contribution in [-0.2, 0) is 4.74 Å². The first-order valence-corrected chi connectivity index (χ1v) is 5.52. The fraction of sp³-hybridized carbons (Fsp3) is 0.364. The first-order valence-electron chi connectivity index (χ1n) is 5.52. The van der Waals surface area contributed by atoms with Gasteiger partial charge in [-0.15, -0.1) is 0 Å². The van der Waals surface area contributed by atoms with E-state index in [2.05, 4.69) is 5.16 Å². The van der Waals surface area contributed by atoms with Gasteiger partial charge >= 0.3 is 0 Å². The first kappa shape index (κ1) is 12.3. The molecule has 2 rings (SSSR count). The van der Waals surface area contributed by atoms with Gasteiger partial charge in [0, 0.05) is 30.8 Å². The highest BCUT2D eigenvalue weighted by Crippen LogP contribution is 2.16. The molecule has 0 radical (unpaired) electrons. The van der Waals surface area contributed by atoms with Crippen LogP contribution in [0.15, 0.2) is 29.4 Å². The zero-order valence-electron chi connectivity index (χ0n) is 9.65. The fourth-order valence-corrected chi connectivity index (χ4v) is 1.84. The van der Waals surface area contributed by atoms with Gasteiger partial charge in [0.2, 0.25) is 0 Å². The number of ether oxygens (including phenoxy) is 1. The van der Waals surface area contributed by atoms with Gasteiger partial charge < -0.3 is 14.8 Å². The van der Waals surface area contributed by atoms with E-state index in [4.69, 9.17) is 9.94 Å². The van der Waals surface area contributed by atoms with Crippen LogP contribution in [0.25, 0.3) is 0 Å². The van der Waals surface area contributed by atoms with Crippen molar-refractivity contribution >= 4 is 11.5 Å². The van der Waals surface area contributed by atoms with Crippen molar-refractivity contribution in [2.24, 2.45) is 5.16 Å². The van der Waals surface area contributed by atoms with Crippen molar-refractivity contribution in [3.05, 3.63) is 39.9 Å². The van der Waals surface area contributed by atoms with Gasteiger partial charge in [-0.1, -0.05) is 17.3 Å². The van der Waals surface area contributed by atoms with Crippen LogP contribution >= 0.6 is 0 Å². The number of hydrogen-bond acceptors (Lipinski definition) is 5. The Hall–Kier alpha value is -2.15. The van der Waals surface area contributed by atoms with Crippen LogP contribution in [0.5, 0.6) is 0 Å². The molecule has 1 aromatic rings. The average molecular weight is 251 g/mol. The molecule has 1 fully saturated rings. The smallest absolute Gasteiger partial charge is 0.270 e. The molecule has 1 aromatic carbocycles. The van der Waals surface area contributed by atoms with Gasteiger partial charge in [0.1, 0.15) is 0 Å². The van der Waals surface area contributed by atoms with Crippen molar-refractivity contribution < 1.29 is 14.9 Å². The molecule has 0 unspecified atom stereocenters. The van der Waals surface area contributed by atoms with Gasteiger partial charge in [-0.05, 0) is 0 Å². The molecular weight excluding hydrogens is 238 g/mol. The highest BCUT2D eigenvalue weighted by atomic mass is 16.6. The van der Waals surface area contributed by atoms with Crippen LogP contribution in [-0.4, -0.2) is 47.2 Å². The van der Waals surface area contributed by atoms with Gasteiger partial charge in [-0.2, -0.15) is 0 Å². The summed E-state index contributed by atoms with van der Waals surface area (Å²) >= 11 is 0. The molecule has 0 amide bonds. The van der Waals surface area contributed by atoms with Crippen molar-refractivity contribution in [3.8, 4) is 0 Å². The number of rotatable bonds is 2. The summed E-state index contributed by atoms with van der Waals surface area (Å²) in [6.45, 7) is 2.30. The van der Waals surface area contributed by atoms with E-state index in [1.807, 2.05) is 4.90 Å². The minimum absolute atomic E-state index is 0.0260. The fourth-order valence-electron chi connectivity index (χ4n) is 1.84. The van der Waals surface area contributed by atoms with Crippen LogP contribution in [0.4, 0.5) is 5.69 Å². The molecule has 1 aliphatic heterocycles. The summed E-state index contributed by atoms with van der Waals surface area (Å²) in [5, 5.41) is 23.1. The van der Waals surface area contributed by atoms with Crippen LogP contribution in [0.3, 0.4) is 0 Å². The third-order valence-electron chi connectivity index (χ3n) is 2.72. The number of nitro groups is 1. The SMILES string of the molecule is O=[N+]([O-])c1cccc(/C(=N\O)N2CCOCC2)c1. The van der Waals surface area contributed by atoms with E-state index in [1.54, 1.807) is 12.1 Å². The molecule has 0 bridgehead atoms. The molecule has 0 aromatic heterocycles. The highest BCUT2D eigenvalue weighted by Gasteiger charge is 2.19. The summed E-state index contributed by atoms with van der Waals surface area (Å²) in [6.07, 6.45) is 0. The number of nitrogens with zero attached hydrogens (tertiary/aromatic N) is 3. The number of morpholine rings is 1. The Labute approximate surface area is 103 Å². The van der Waals surface area contributed by atoms with E-state index in [0.717, 1.165) is 0 Å². The monoisotopic (exact) mass is 251 g/mol. The molecule has 0 saturated carbocycles. The van der Waals surface area contributed by atoms with Gasteiger partial charge in [0.25, 0.3) is 5.69 Å². The Balaban J connectivity index is 2.27. The summed E-state index contributed by atoms with van der Waals surface area (Å²) in [5.74, 6) is 0.335. The molecule has 1 aliphatic rings. The maximum Gasteiger partial charge on any atom is 0.270 e. The molecule has 7 nitrogen and oxygen atoms in total. The molecule has 96 valence electrons. The van der Waals surface area contributed by atoms with E-state index in [0.29, 0.717) is 37.7 Å². The van der Waals surface area contributed by atoms with Crippen molar-refractivity contribution in [2.75, 3.05) is 26.3 Å². The number of amidine groups is 1. The predicted molar refractivity (Wildman–Crippen MR) is 63.8 cm³/mol. The Kier molecular flexibility index (Phi) is 3.73. The van der Waals surface area contributed by atoms with Crippen LogP contribution < -0.4 is 0 Å². The lowest BCUT2D eigenvalue weighted by Crippen LogP contribution is -2.41. The van der Waals surface area contributed by atoms with Gasteiger partial charge in [-0.25, -0.2) is 0 Å². The number of non-ortho nitro benzene ring substituents is 1. The van der Waals surface area contributed by atoms with E-state index in [1.165, 1.54) is 12.1 Å². The number of oxime groups is 1. The second-order valence-corrected chi connectivity index (χ2v) is 3.83. The van der Waals surface area contributed by atoms with Crippen molar-refractivity contribution in [1.82, 2.24) is 4.90 Å². The van der Waals surface area contributed by atoms with Crippen molar-refractivity contribution in [2.45, 2.75) is 0 Å². The maximum atomic E-state index is 10.7. The van der Waals surface area contributed by atoms with Crippen LogP contribution in [0.2, 0.25) is 0 Å². The molecule has 1 saturated heterocycles. The normalized spacial score (nSPS) is 16.7. The standard InChI is InChI=1S/C11H13N3O4/c15-12-11(13-4-6-18-7-5-13)9-2-1-3-10(8-9)14(16)17/h1-3,8,15H,4-7H2/b12-11+. The quantitative estimate of drug-likeness (QED) is 0.279. The minimum Gasteiger partial charge on any atom is -0.409 e. The van der Waals surface area contributed by atoms with E-state index >= 15 is 0 Å². The second kappa shape index (κ2) is 5.46. The Bertz CT molecular complexity index is 469. The number of benzene rings is 1. The lowest BCUT2D eigenvalue weighted by atomic mass is 10.1.